The lowest BCUT2D eigenvalue weighted by molar-refractivity contribution is 0.0844. The SMILES string of the molecule is [CH2]C(O)NC(=O)c1ncc2c(=O)n(CCc3ccccc3)ccc2c1O. The van der Waals surface area contributed by atoms with Crippen LogP contribution in [0.1, 0.15) is 16.1 Å². The van der Waals surface area contributed by atoms with Gasteiger partial charge in [-0.2, -0.15) is 0 Å². The highest BCUT2D eigenvalue weighted by atomic mass is 16.3. The zero-order chi connectivity index (χ0) is 18.7. The number of benzene rings is 1. The first-order chi connectivity index (χ1) is 12.5. The lowest BCUT2D eigenvalue weighted by Gasteiger charge is -2.11. The van der Waals surface area contributed by atoms with Gasteiger partial charge in [0.15, 0.2) is 11.4 Å². The molecule has 0 fully saturated rings. The topological polar surface area (TPSA) is 104 Å². The number of hydrogen-bond acceptors (Lipinski definition) is 5. The number of aliphatic hydroxyl groups is 1. The van der Waals surface area contributed by atoms with Crippen molar-refractivity contribution in [2.24, 2.45) is 0 Å². The molecule has 2 heterocycles. The number of rotatable bonds is 5. The van der Waals surface area contributed by atoms with Crippen LogP contribution >= 0.6 is 0 Å². The molecule has 0 spiro atoms. The summed E-state index contributed by atoms with van der Waals surface area (Å²) in [5.74, 6) is -1.19. The fourth-order valence-corrected chi connectivity index (χ4v) is 2.70. The fourth-order valence-electron chi connectivity index (χ4n) is 2.70. The second kappa shape index (κ2) is 7.37. The number of nitrogens with one attached hydrogen (secondary N) is 1. The highest BCUT2D eigenvalue weighted by Crippen LogP contribution is 2.24. The van der Waals surface area contributed by atoms with Gasteiger partial charge in [-0.1, -0.05) is 30.3 Å². The Labute approximate surface area is 149 Å². The number of carbonyl (C=O) groups excluding carboxylic acids is 1. The van der Waals surface area contributed by atoms with Gasteiger partial charge in [0.1, 0.15) is 6.23 Å². The normalized spacial score (nSPS) is 12.1. The third kappa shape index (κ3) is 3.57. The van der Waals surface area contributed by atoms with Crippen LogP contribution in [0.2, 0.25) is 0 Å². The molecule has 7 nitrogen and oxygen atoms in total. The van der Waals surface area contributed by atoms with Gasteiger partial charge in [-0.25, -0.2) is 4.98 Å². The van der Waals surface area contributed by atoms with Crippen LogP contribution in [0.5, 0.6) is 5.75 Å². The summed E-state index contributed by atoms with van der Waals surface area (Å²) < 4.78 is 1.54. The van der Waals surface area contributed by atoms with Crippen LogP contribution in [0.4, 0.5) is 0 Å². The Morgan fingerprint density at radius 3 is 2.65 bits per heavy atom. The van der Waals surface area contributed by atoms with Crippen molar-refractivity contribution in [3.63, 3.8) is 0 Å². The molecular formula is C19H18N3O4. The smallest absolute Gasteiger partial charge is 0.275 e. The van der Waals surface area contributed by atoms with E-state index in [0.717, 1.165) is 5.56 Å². The van der Waals surface area contributed by atoms with Gasteiger partial charge >= 0.3 is 0 Å². The Kier molecular flexibility index (Phi) is 4.99. The van der Waals surface area contributed by atoms with Crippen molar-refractivity contribution in [1.29, 1.82) is 0 Å². The Hall–Kier alpha value is -3.19. The van der Waals surface area contributed by atoms with Gasteiger partial charge in [0.05, 0.1) is 5.39 Å². The third-order valence-electron chi connectivity index (χ3n) is 4.00. The van der Waals surface area contributed by atoms with Crippen molar-refractivity contribution in [2.75, 3.05) is 0 Å². The van der Waals surface area contributed by atoms with E-state index in [0.29, 0.717) is 13.0 Å². The summed E-state index contributed by atoms with van der Waals surface area (Å²) in [5, 5.41) is 22.0. The first-order valence-electron chi connectivity index (χ1n) is 8.04. The number of aromatic nitrogens is 2. The van der Waals surface area contributed by atoms with Crippen LogP contribution in [0, 0.1) is 6.92 Å². The molecule has 133 valence electrons. The van der Waals surface area contributed by atoms with Gasteiger partial charge in [0.2, 0.25) is 0 Å². The molecule has 1 atom stereocenters. The van der Waals surface area contributed by atoms with E-state index in [2.05, 4.69) is 17.2 Å². The first-order valence-corrected chi connectivity index (χ1v) is 8.04. The lowest BCUT2D eigenvalue weighted by atomic mass is 10.1. The van der Waals surface area contributed by atoms with Crippen LogP contribution in [-0.2, 0) is 13.0 Å². The summed E-state index contributed by atoms with van der Waals surface area (Å²) in [6, 6.07) is 11.4. The molecule has 1 unspecified atom stereocenters. The average molecular weight is 352 g/mol. The van der Waals surface area contributed by atoms with E-state index in [1.54, 1.807) is 12.3 Å². The van der Waals surface area contributed by atoms with E-state index in [-0.39, 0.29) is 22.0 Å². The van der Waals surface area contributed by atoms with E-state index in [1.165, 1.54) is 10.8 Å². The number of nitrogens with zero attached hydrogens (tertiary/aromatic N) is 2. The summed E-state index contributed by atoms with van der Waals surface area (Å²) in [5.41, 5.74) is 0.534. The highest BCUT2D eigenvalue weighted by Gasteiger charge is 2.18. The summed E-state index contributed by atoms with van der Waals surface area (Å²) >= 11 is 0. The minimum atomic E-state index is -1.33. The predicted molar refractivity (Wildman–Crippen MR) is 96.6 cm³/mol. The number of aromatic hydroxyl groups is 1. The van der Waals surface area contributed by atoms with Crippen LogP contribution in [0.3, 0.4) is 0 Å². The Balaban J connectivity index is 1.92. The molecule has 0 bridgehead atoms. The molecule has 3 N–H and O–H groups in total. The van der Waals surface area contributed by atoms with Crippen molar-refractivity contribution >= 4 is 16.7 Å². The monoisotopic (exact) mass is 352 g/mol. The van der Waals surface area contributed by atoms with Crippen LogP contribution in [0.15, 0.2) is 53.6 Å². The van der Waals surface area contributed by atoms with Gasteiger partial charge in [-0.3, -0.25) is 9.59 Å². The molecule has 1 radical (unpaired) electrons. The zero-order valence-corrected chi connectivity index (χ0v) is 13.9. The molecule has 0 aliphatic heterocycles. The Morgan fingerprint density at radius 1 is 1.23 bits per heavy atom. The van der Waals surface area contributed by atoms with Gasteiger partial charge < -0.3 is 20.1 Å². The maximum atomic E-state index is 12.6. The van der Waals surface area contributed by atoms with Crippen LogP contribution in [0.25, 0.3) is 10.8 Å². The van der Waals surface area contributed by atoms with Crippen LogP contribution in [-0.4, -0.2) is 31.9 Å². The number of hydrogen-bond donors (Lipinski definition) is 3. The van der Waals surface area contributed by atoms with Crippen molar-refractivity contribution in [3.8, 4) is 5.75 Å². The number of pyridine rings is 2. The minimum Gasteiger partial charge on any atom is -0.505 e. The second-order valence-electron chi connectivity index (χ2n) is 5.82. The first kappa shape index (κ1) is 17.6. The summed E-state index contributed by atoms with van der Waals surface area (Å²) in [7, 11) is 0. The average Bonchev–Trinajstić information content (AvgIpc) is 2.62. The molecule has 7 heteroatoms. The maximum absolute atomic E-state index is 12.6. The largest absolute Gasteiger partial charge is 0.505 e. The van der Waals surface area contributed by atoms with Crippen molar-refractivity contribution in [2.45, 2.75) is 19.2 Å². The molecule has 0 aliphatic rings. The van der Waals surface area contributed by atoms with E-state index < -0.39 is 17.9 Å². The van der Waals surface area contributed by atoms with Crippen LogP contribution < -0.4 is 10.9 Å². The summed E-state index contributed by atoms with van der Waals surface area (Å²) in [4.78, 5) is 28.4. The minimum absolute atomic E-state index is 0.213. The van der Waals surface area contributed by atoms with Crippen molar-refractivity contribution < 1.29 is 15.0 Å². The summed E-state index contributed by atoms with van der Waals surface area (Å²) in [6.07, 6.45) is 2.19. The molecule has 3 aromatic rings. The molecule has 3 rings (SSSR count). The van der Waals surface area contributed by atoms with Gasteiger partial charge in [-0.05, 0) is 25.0 Å². The molecular weight excluding hydrogens is 334 g/mol. The number of amides is 1. The molecule has 0 saturated heterocycles. The second-order valence-corrected chi connectivity index (χ2v) is 5.82. The zero-order valence-electron chi connectivity index (χ0n) is 13.9. The standard InChI is InChI=1S/C19H18N3O4/c1-12(23)21-18(25)16-17(24)14-8-10-22(19(26)15(14)11-20-16)9-7-13-5-3-2-4-6-13/h2-6,8,10-12,23-24H,1,7,9H2,(H,21,25). The fraction of sp³-hybridized carbons (Fsp3) is 0.158. The van der Waals surface area contributed by atoms with Gasteiger partial charge in [-0.15, -0.1) is 0 Å². The highest BCUT2D eigenvalue weighted by molar-refractivity contribution is 6.01. The molecule has 2 aromatic heterocycles. The summed E-state index contributed by atoms with van der Waals surface area (Å²) in [6.45, 7) is 3.71. The molecule has 0 aliphatic carbocycles. The number of fused-ring (bicyclic) bond motifs is 1. The quantitative estimate of drug-likeness (QED) is 0.599. The van der Waals surface area contributed by atoms with E-state index in [1.807, 2.05) is 30.3 Å². The van der Waals surface area contributed by atoms with Crippen molar-refractivity contribution in [3.05, 3.63) is 77.3 Å². The van der Waals surface area contributed by atoms with Gasteiger partial charge in [0.25, 0.3) is 11.5 Å². The number of carbonyl (C=O) groups is 1. The van der Waals surface area contributed by atoms with E-state index in [9.17, 15) is 14.7 Å². The van der Waals surface area contributed by atoms with E-state index in [4.69, 9.17) is 5.11 Å². The number of aryl methyl sites for hydroxylation is 2. The van der Waals surface area contributed by atoms with Gasteiger partial charge in [0, 0.05) is 24.3 Å². The Bertz CT molecular complexity index is 997. The Morgan fingerprint density at radius 2 is 1.96 bits per heavy atom. The molecule has 1 amide bonds. The predicted octanol–water partition coefficient (Wildman–Crippen LogP) is 1.23. The number of aliphatic hydroxyl groups excluding tert-OH is 1. The van der Waals surface area contributed by atoms with E-state index >= 15 is 0 Å². The maximum Gasteiger partial charge on any atom is 0.275 e. The van der Waals surface area contributed by atoms with Crippen molar-refractivity contribution in [1.82, 2.24) is 14.9 Å². The molecule has 26 heavy (non-hydrogen) atoms. The molecule has 0 saturated carbocycles. The third-order valence-corrected chi connectivity index (χ3v) is 4.00. The molecule has 1 aromatic carbocycles. The lowest BCUT2D eigenvalue weighted by Crippen LogP contribution is -2.33.